The van der Waals surface area contributed by atoms with Crippen molar-refractivity contribution in [3.05, 3.63) is 0 Å². The summed E-state index contributed by atoms with van der Waals surface area (Å²) in [7, 11) is -3.80. The zero-order valence-corrected chi connectivity index (χ0v) is 11.2. The van der Waals surface area contributed by atoms with Crippen LogP contribution in [-0.2, 0) is 4.57 Å². The van der Waals surface area contributed by atoms with Gasteiger partial charge in [-0.1, -0.05) is 0 Å². The number of alkyl halides is 1. The van der Waals surface area contributed by atoms with E-state index in [4.69, 9.17) is 21.4 Å². The second-order valence-corrected chi connectivity index (χ2v) is 6.76. The summed E-state index contributed by atoms with van der Waals surface area (Å²) in [6.45, 7) is 7.12. The van der Waals surface area contributed by atoms with Crippen molar-refractivity contribution >= 4 is 19.2 Å². The summed E-state index contributed by atoms with van der Waals surface area (Å²) in [5, 5.41) is 0. The third-order valence-electron chi connectivity index (χ3n) is 2.78. The molecule has 0 atom stereocenters. The Morgan fingerprint density at radius 3 is 1.29 bits per heavy atom. The molecule has 0 aliphatic carbocycles. The number of hydrogen-bond acceptors (Lipinski definition) is 5. The quantitative estimate of drug-likeness (QED) is 0.517. The first kappa shape index (κ1) is 13.7. The second-order valence-electron chi connectivity index (χ2n) is 4.61. The fourth-order valence-corrected chi connectivity index (χ4v) is 3.22. The Bertz CT molecular complexity index is 257. The van der Waals surface area contributed by atoms with Crippen LogP contribution in [0, 0.1) is 0 Å². The molecule has 100 valence electrons. The van der Waals surface area contributed by atoms with Crippen LogP contribution in [0.5, 0.6) is 0 Å². The predicted molar refractivity (Wildman–Crippen MR) is 64.2 cm³/mol. The van der Waals surface area contributed by atoms with E-state index in [0.29, 0.717) is 0 Å². The normalized spacial score (nSPS) is 38.8. The molecule has 4 heterocycles. The number of rotatable bonds is 2. The molecule has 17 heavy (non-hydrogen) atoms. The Labute approximate surface area is 106 Å². The van der Waals surface area contributed by atoms with Gasteiger partial charge >= 0.3 is 7.60 Å². The minimum Gasteiger partial charge on any atom is -0.324 e. The van der Waals surface area contributed by atoms with Gasteiger partial charge in [0.15, 0.2) is 0 Å². The summed E-state index contributed by atoms with van der Waals surface area (Å²) in [5.41, 5.74) is 0. The van der Waals surface area contributed by atoms with Crippen molar-refractivity contribution in [1.29, 1.82) is 0 Å². The Balaban J connectivity index is 0.000000139. The highest BCUT2D eigenvalue weighted by molar-refractivity contribution is 7.51. The van der Waals surface area contributed by atoms with Crippen LogP contribution in [-0.4, -0.2) is 81.4 Å². The van der Waals surface area contributed by atoms with Crippen molar-refractivity contribution in [3.63, 3.8) is 0 Å². The molecular formula is C8H18ClN4O3P. The first-order valence-corrected chi connectivity index (χ1v) is 7.79. The molecule has 0 spiro atoms. The lowest BCUT2D eigenvalue weighted by Crippen LogP contribution is -2.71. The zero-order chi connectivity index (χ0) is 12.5. The third kappa shape index (κ3) is 4.15. The molecule has 4 bridgehead atoms. The summed E-state index contributed by atoms with van der Waals surface area (Å²) in [6, 6.07) is 0. The van der Waals surface area contributed by atoms with Crippen LogP contribution in [0.3, 0.4) is 0 Å². The molecule has 0 aromatic rings. The summed E-state index contributed by atoms with van der Waals surface area (Å²) in [6.07, 6.45) is -0.228. The molecule has 0 radical (unpaired) electrons. The fourth-order valence-electron chi connectivity index (χ4n) is 2.34. The lowest BCUT2D eigenvalue weighted by molar-refractivity contribution is -0.194. The van der Waals surface area contributed by atoms with Gasteiger partial charge in [0, 0.05) is 5.88 Å². The highest BCUT2D eigenvalue weighted by Gasteiger charge is 2.36. The van der Waals surface area contributed by atoms with Gasteiger partial charge in [0.2, 0.25) is 0 Å². The van der Waals surface area contributed by atoms with Crippen LogP contribution in [0.25, 0.3) is 0 Å². The summed E-state index contributed by atoms with van der Waals surface area (Å²) < 4.78 is 9.84. The maximum absolute atomic E-state index is 9.84. The molecule has 4 rings (SSSR count). The van der Waals surface area contributed by atoms with E-state index in [2.05, 4.69) is 19.6 Å². The first-order valence-electron chi connectivity index (χ1n) is 5.46. The zero-order valence-electron chi connectivity index (χ0n) is 9.57. The molecule has 7 nitrogen and oxygen atoms in total. The van der Waals surface area contributed by atoms with Gasteiger partial charge in [0.05, 0.1) is 46.2 Å². The van der Waals surface area contributed by atoms with Gasteiger partial charge in [-0.05, 0) is 0 Å². The van der Waals surface area contributed by atoms with Gasteiger partial charge in [-0.3, -0.25) is 24.2 Å². The van der Waals surface area contributed by atoms with Crippen LogP contribution >= 0.6 is 19.2 Å². The minimum atomic E-state index is -3.80. The highest BCUT2D eigenvalue weighted by atomic mass is 35.5. The molecule has 0 aromatic heterocycles. The molecule has 4 aliphatic rings. The Morgan fingerprint density at radius 2 is 1.18 bits per heavy atom. The molecule has 4 fully saturated rings. The molecule has 0 amide bonds. The number of halogens is 1. The van der Waals surface area contributed by atoms with E-state index < -0.39 is 7.60 Å². The van der Waals surface area contributed by atoms with E-state index >= 15 is 0 Å². The Kier molecular flexibility index (Phi) is 4.44. The van der Waals surface area contributed by atoms with Crippen molar-refractivity contribution in [1.82, 2.24) is 19.6 Å². The van der Waals surface area contributed by atoms with Gasteiger partial charge in [0.1, 0.15) is 0 Å². The average Bonchev–Trinajstić information content (AvgIpc) is 2.13. The van der Waals surface area contributed by atoms with Gasteiger partial charge < -0.3 is 9.79 Å². The van der Waals surface area contributed by atoms with E-state index in [1.807, 2.05) is 0 Å². The van der Waals surface area contributed by atoms with Gasteiger partial charge in [0.25, 0.3) is 0 Å². The molecule has 9 heteroatoms. The van der Waals surface area contributed by atoms with E-state index in [1.165, 1.54) is 40.0 Å². The smallest absolute Gasteiger partial charge is 0.324 e. The standard InChI is InChI=1S/C6H12N4.C2H6ClO3P/c1-7-2-9-4-8(1)5-10(3-7)6-9;3-1-2-7(4,5)6/h1-6H2;1-2H2,(H2,4,5,6). The van der Waals surface area contributed by atoms with E-state index in [0.717, 1.165) is 0 Å². The number of hydrogen-bond donors (Lipinski definition) is 2. The molecule has 4 aliphatic heterocycles. The SMILES string of the molecule is C1N2CN3CN1CN(C2)C3.O=P(O)(O)CCCl. The van der Waals surface area contributed by atoms with E-state index in [9.17, 15) is 4.57 Å². The second kappa shape index (κ2) is 5.50. The Hall–Kier alpha value is 0.280. The summed E-state index contributed by atoms with van der Waals surface area (Å²) in [5.74, 6) is 0.0181. The monoisotopic (exact) mass is 284 g/mol. The predicted octanol–water partition coefficient (Wildman–Crippen LogP) is -0.617. The Morgan fingerprint density at radius 1 is 0.882 bits per heavy atom. The van der Waals surface area contributed by atoms with Crippen LogP contribution in [0.2, 0.25) is 0 Å². The van der Waals surface area contributed by atoms with Crippen molar-refractivity contribution in [2.24, 2.45) is 0 Å². The first-order chi connectivity index (χ1) is 7.96. The fraction of sp³-hybridized carbons (Fsp3) is 1.00. The van der Waals surface area contributed by atoms with Crippen LogP contribution in [0.15, 0.2) is 0 Å². The van der Waals surface area contributed by atoms with Crippen molar-refractivity contribution in [2.75, 3.05) is 52.1 Å². The van der Waals surface area contributed by atoms with Crippen LogP contribution in [0.4, 0.5) is 0 Å². The maximum atomic E-state index is 9.84. The maximum Gasteiger partial charge on any atom is 0.326 e. The molecule has 0 aromatic carbocycles. The average molecular weight is 285 g/mol. The van der Waals surface area contributed by atoms with E-state index in [-0.39, 0.29) is 12.0 Å². The van der Waals surface area contributed by atoms with Gasteiger partial charge in [-0.2, -0.15) is 0 Å². The topological polar surface area (TPSA) is 70.5 Å². The third-order valence-corrected chi connectivity index (χ3v) is 4.03. The van der Waals surface area contributed by atoms with E-state index in [1.54, 1.807) is 0 Å². The molecular weight excluding hydrogens is 267 g/mol. The number of nitrogens with zero attached hydrogens (tertiary/aromatic N) is 4. The summed E-state index contributed by atoms with van der Waals surface area (Å²) >= 11 is 4.99. The lowest BCUT2D eigenvalue weighted by atomic mass is 10.4. The minimum absolute atomic E-state index is 0.0181. The van der Waals surface area contributed by atoms with Crippen molar-refractivity contribution in [3.8, 4) is 0 Å². The largest absolute Gasteiger partial charge is 0.326 e. The molecule has 4 saturated heterocycles. The van der Waals surface area contributed by atoms with Crippen LogP contribution in [0.1, 0.15) is 0 Å². The van der Waals surface area contributed by atoms with Gasteiger partial charge in [-0.15, -0.1) is 11.6 Å². The lowest BCUT2D eigenvalue weighted by Gasteiger charge is -2.56. The molecule has 0 saturated carbocycles. The van der Waals surface area contributed by atoms with Crippen molar-refractivity contribution in [2.45, 2.75) is 0 Å². The molecule has 0 unspecified atom stereocenters. The summed E-state index contributed by atoms with van der Waals surface area (Å²) in [4.78, 5) is 26.0. The van der Waals surface area contributed by atoms with Gasteiger partial charge in [-0.25, -0.2) is 0 Å². The highest BCUT2D eigenvalue weighted by Crippen LogP contribution is 2.33. The van der Waals surface area contributed by atoms with Crippen LogP contribution < -0.4 is 0 Å². The van der Waals surface area contributed by atoms with Crippen molar-refractivity contribution < 1.29 is 14.4 Å². The molecule has 2 N–H and O–H groups in total.